The normalized spacial score (nSPS) is 24.2. The molecule has 6 heteroatoms. The van der Waals surface area contributed by atoms with Crippen LogP contribution in [-0.4, -0.2) is 37.5 Å². The van der Waals surface area contributed by atoms with Crippen molar-refractivity contribution in [3.05, 3.63) is 29.8 Å². The first-order chi connectivity index (χ1) is 10.6. The second-order valence-corrected chi connectivity index (χ2v) is 6.25. The molecule has 0 saturated carbocycles. The molecule has 126 valence electrons. The summed E-state index contributed by atoms with van der Waals surface area (Å²) < 4.78 is 0. The Morgan fingerprint density at radius 2 is 2.22 bits per heavy atom. The van der Waals surface area contributed by atoms with E-state index in [4.69, 9.17) is 0 Å². The molecular formula is C17H24ClN3O2. The van der Waals surface area contributed by atoms with Gasteiger partial charge in [0.15, 0.2) is 0 Å². The molecule has 2 aliphatic heterocycles. The summed E-state index contributed by atoms with van der Waals surface area (Å²) in [5.74, 6) is 0.526. The predicted octanol–water partition coefficient (Wildman–Crippen LogP) is 1.96. The van der Waals surface area contributed by atoms with E-state index in [1.165, 1.54) is 0 Å². The smallest absolute Gasteiger partial charge is 0.251 e. The molecule has 1 aromatic rings. The van der Waals surface area contributed by atoms with Gasteiger partial charge in [-0.1, -0.05) is 13.0 Å². The summed E-state index contributed by atoms with van der Waals surface area (Å²) in [5, 5.41) is 6.46. The summed E-state index contributed by atoms with van der Waals surface area (Å²) in [5.41, 5.74) is 1.46. The molecule has 2 saturated heterocycles. The molecule has 0 aromatic heterocycles. The van der Waals surface area contributed by atoms with Gasteiger partial charge in [0.1, 0.15) is 0 Å². The lowest BCUT2D eigenvalue weighted by Gasteiger charge is -2.30. The third-order valence-corrected chi connectivity index (χ3v) is 4.60. The first kappa shape index (κ1) is 17.8. The van der Waals surface area contributed by atoms with Crippen LogP contribution < -0.4 is 15.5 Å². The van der Waals surface area contributed by atoms with E-state index in [1.54, 1.807) is 4.90 Å². The minimum absolute atomic E-state index is 0. The molecule has 2 amide bonds. The van der Waals surface area contributed by atoms with Gasteiger partial charge in [-0.3, -0.25) is 9.59 Å². The summed E-state index contributed by atoms with van der Waals surface area (Å²) in [6, 6.07) is 7.59. The van der Waals surface area contributed by atoms with E-state index in [2.05, 4.69) is 17.6 Å². The topological polar surface area (TPSA) is 61.4 Å². The van der Waals surface area contributed by atoms with Crippen molar-refractivity contribution >= 4 is 29.9 Å². The number of rotatable bonds is 3. The second kappa shape index (κ2) is 7.79. The quantitative estimate of drug-likeness (QED) is 0.886. The fraction of sp³-hybridized carbons (Fsp3) is 0.529. The summed E-state index contributed by atoms with van der Waals surface area (Å²) in [6.07, 6.45) is 2.45. The number of carbonyl (C=O) groups is 2. The number of nitrogens with zero attached hydrogens (tertiary/aromatic N) is 1. The minimum atomic E-state index is -0.0488. The minimum Gasteiger partial charge on any atom is -0.349 e. The number of halogens is 1. The molecule has 2 heterocycles. The van der Waals surface area contributed by atoms with Crippen molar-refractivity contribution in [1.82, 2.24) is 10.6 Å². The average Bonchev–Trinajstić information content (AvgIpc) is 2.96. The maximum absolute atomic E-state index is 12.5. The first-order valence-electron chi connectivity index (χ1n) is 8.07. The number of benzene rings is 1. The van der Waals surface area contributed by atoms with Crippen molar-refractivity contribution in [2.45, 2.75) is 32.2 Å². The number of amides is 2. The van der Waals surface area contributed by atoms with Gasteiger partial charge in [-0.15, -0.1) is 12.4 Å². The molecule has 23 heavy (non-hydrogen) atoms. The van der Waals surface area contributed by atoms with Crippen molar-refractivity contribution in [1.29, 1.82) is 0 Å². The number of hydrogen-bond acceptors (Lipinski definition) is 3. The molecule has 2 atom stereocenters. The number of hydrogen-bond donors (Lipinski definition) is 2. The lowest BCUT2D eigenvalue weighted by molar-refractivity contribution is -0.117. The van der Waals surface area contributed by atoms with Crippen molar-refractivity contribution in [2.75, 3.05) is 24.5 Å². The highest BCUT2D eigenvalue weighted by molar-refractivity contribution is 5.99. The summed E-state index contributed by atoms with van der Waals surface area (Å²) in [7, 11) is 0. The zero-order valence-electron chi connectivity index (χ0n) is 13.4. The fourth-order valence-electron chi connectivity index (χ4n) is 3.22. The molecule has 1 aromatic carbocycles. The van der Waals surface area contributed by atoms with Gasteiger partial charge in [0, 0.05) is 30.3 Å². The Morgan fingerprint density at radius 1 is 1.39 bits per heavy atom. The Balaban J connectivity index is 0.00000192. The molecule has 3 rings (SSSR count). The number of carbonyl (C=O) groups excluding carboxylic acids is 2. The second-order valence-electron chi connectivity index (χ2n) is 6.25. The van der Waals surface area contributed by atoms with Crippen LogP contribution in [0.25, 0.3) is 0 Å². The standard InChI is InChI=1S/C17H23N3O2.ClH/c1-12-11-18-8-7-15(12)19-17(22)13-4-2-5-14(10-13)20-9-3-6-16(20)21;/h2,4-5,10,12,15,18H,3,6-9,11H2,1H3,(H,19,22);1H. The van der Waals surface area contributed by atoms with E-state index in [-0.39, 0.29) is 30.3 Å². The molecule has 2 fully saturated rings. The highest BCUT2D eigenvalue weighted by Gasteiger charge is 2.25. The van der Waals surface area contributed by atoms with Crippen molar-refractivity contribution in [3.63, 3.8) is 0 Å². The molecular weight excluding hydrogens is 314 g/mol. The molecule has 0 spiro atoms. The zero-order valence-corrected chi connectivity index (χ0v) is 14.2. The van der Waals surface area contributed by atoms with E-state index < -0.39 is 0 Å². The molecule has 2 aliphatic rings. The van der Waals surface area contributed by atoms with Gasteiger partial charge in [-0.25, -0.2) is 0 Å². The molecule has 0 bridgehead atoms. The Kier molecular flexibility index (Phi) is 6.02. The maximum atomic E-state index is 12.5. The zero-order chi connectivity index (χ0) is 15.5. The lowest BCUT2D eigenvalue weighted by atomic mass is 9.95. The van der Waals surface area contributed by atoms with Crippen LogP contribution in [0.15, 0.2) is 24.3 Å². The summed E-state index contributed by atoms with van der Waals surface area (Å²) >= 11 is 0. The third kappa shape index (κ3) is 4.03. The monoisotopic (exact) mass is 337 g/mol. The van der Waals surface area contributed by atoms with Gasteiger partial charge >= 0.3 is 0 Å². The summed E-state index contributed by atoms with van der Waals surface area (Å²) in [4.78, 5) is 26.1. The van der Waals surface area contributed by atoms with Gasteiger partial charge in [-0.05, 0) is 50.0 Å². The van der Waals surface area contributed by atoms with Crippen LogP contribution >= 0.6 is 12.4 Å². The summed E-state index contributed by atoms with van der Waals surface area (Å²) in [6.45, 7) is 4.77. The van der Waals surface area contributed by atoms with E-state index in [0.29, 0.717) is 17.9 Å². The molecule has 2 N–H and O–H groups in total. The Morgan fingerprint density at radius 3 is 2.91 bits per heavy atom. The Hall–Kier alpha value is -1.59. The van der Waals surface area contributed by atoms with Crippen LogP contribution in [0.4, 0.5) is 5.69 Å². The van der Waals surface area contributed by atoms with E-state index in [0.717, 1.165) is 38.2 Å². The van der Waals surface area contributed by atoms with Gasteiger partial charge in [0.05, 0.1) is 0 Å². The van der Waals surface area contributed by atoms with Crippen molar-refractivity contribution in [3.8, 4) is 0 Å². The third-order valence-electron chi connectivity index (χ3n) is 4.60. The van der Waals surface area contributed by atoms with Gasteiger partial charge in [0.25, 0.3) is 5.91 Å². The van der Waals surface area contributed by atoms with Crippen LogP contribution in [0.5, 0.6) is 0 Å². The first-order valence-corrected chi connectivity index (χ1v) is 8.07. The average molecular weight is 338 g/mol. The molecule has 5 nitrogen and oxygen atoms in total. The fourth-order valence-corrected chi connectivity index (χ4v) is 3.22. The van der Waals surface area contributed by atoms with Gasteiger partial charge in [0.2, 0.25) is 5.91 Å². The van der Waals surface area contributed by atoms with E-state index in [9.17, 15) is 9.59 Å². The largest absolute Gasteiger partial charge is 0.349 e. The number of piperidine rings is 1. The Labute approximate surface area is 143 Å². The van der Waals surface area contributed by atoms with Crippen LogP contribution in [0, 0.1) is 5.92 Å². The number of anilines is 1. The molecule has 0 radical (unpaired) electrons. The van der Waals surface area contributed by atoms with E-state index >= 15 is 0 Å². The van der Waals surface area contributed by atoms with Crippen LogP contribution in [0.1, 0.15) is 36.5 Å². The molecule has 0 aliphatic carbocycles. The van der Waals surface area contributed by atoms with Crippen molar-refractivity contribution < 1.29 is 9.59 Å². The number of nitrogens with one attached hydrogen (secondary N) is 2. The lowest BCUT2D eigenvalue weighted by Crippen LogP contribution is -2.48. The van der Waals surface area contributed by atoms with Crippen molar-refractivity contribution in [2.24, 2.45) is 5.92 Å². The SMILES string of the molecule is CC1CNCCC1NC(=O)c1cccc(N2CCCC2=O)c1.Cl. The van der Waals surface area contributed by atoms with Gasteiger partial charge < -0.3 is 15.5 Å². The predicted molar refractivity (Wildman–Crippen MR) is 93.2 cm³/mol. The molecule has 2 unspecified atom stereocenters. The highest BCUT2D eigenvalue weighted by Crippen LogP contribution is 2.22. The van der Waals surface area contributed by atoms with Crippen LogP contribution in [0.3, 0.4) is 0 Å². The Bertz CT molecular complexity index is 579. The maximum Gasteiger partial charge on any atom is 0.251 e. The van der Waals surface area contributed by atoms with Crippen LogP contribution in [-0.2, 0) is 4.79 Å². The van der Waals surface area contributed by atoms with E-state index in [1.807, 2.05) is 24.3 Å². The highest BCUT2D eigenvalue weighted by atomic mass is 35.5. The van der Waals surface area contributed by atoms with Crippen LogP contribution in [0.2, 0.25) is 0 Å². The van der Waals surface area contributed by atoms with Gasteiger partial charge in [-0.2, -0.15) is 0 Å².